The van der Waals surface area contributed by atoms with Gasteiger partial charge in [0.05, 0.1) is 6.54 Å². The molecule has 0 bridgehead atoms. The molecule has 0 radical (unpaired) electrons. The normalized spacial score (nSPS) is 15.6. The predicted molar refractivity (Wildman–Crippen MR) is 113 cm³/mol. The Kier molecular flexibility index (Phi) is 4.88. The van der Waals surface area contributed by atoms with Gasteiger partial charge in [-0.2, -0.15) is 4.98 Å². The number of carbonyl (C=O) groups excluding carboxylic acids is 1. The molecule has 1 aliphatic rings. The topological polar surface area (TPSA) is 87.9 Å². The van der Waals surface area contributed by atoms with E-state index in [1.807, 2.05) is 49.4 Å². The number of carbonyl (C=O) groups is 1. The Balaban J connectivity index is 1.23. The molecule has 0 spiro atoms. The second-order valence-electron chi connectivity index (χ2n) is 7.82. The van der Waals surface area contributed by atoms with Crippen molar-refractivity contribution in [3.05, 3.63) is 65.8 Å². The summed E-state index contributed by atoms with van der Waals surface area (Å²) in [7, 11) is 0. The summed E-state index contributed by atoms with van der Waals surface area (Å²) >= 11 is 0. The molecule has 1 aromatic carbocycles. The maximum absolute atomic E-state index is 13.0. The summed E-state index contributed by atoms with van der Waals surface area (Å²) < 4.78 is 5.51. The van der Waals surface area contributed by atoms with Gasteiger partial charge in [-0.15, -0.1) is 0 Å². The summed E-state index contributed by atoms with van der Waals surface area (Å²) in [5.41, 5.74) is 3.47. The van der Waals surface area contributed by atoms with Gasteiger partial charge in [0.1, 0.15) is 5.69 Å². The van der Waals surface area contributed by atoms with E-state index in [0.29, 0.717) is 24.0 Å². The number of pyridine rings is 1. The van der Waals surface area contributed by atoms with Crippen molar-refractivity contribution >= 4 is 16.7 Å². The first-order chi connectivity index (χ1) is 14.7. The Morgan fingerprint density at radius 1 is 1.17 bits per heavy atom. The zero-order chi connectivity index (χ0) is 20.5. The van der Waals surface area contributed by atoms with Crippen molar-refractivity contribution in [2.75, 3.05) is 19.6 Å². The number of H-pyrrole nitrogens is 1. The van der Waals surface area contributed by atoms with Crippen LogP contribution in [0.25, 0.3) is 22.4 Å². The van der Waals surface area contributed by atoms with Gasteiger partial charge < -0.3 is 9.51 Å². The van der Waals surface area contributed by atoms with Gasteiger partial charge in [-0.3, -0.25) is 14.7 Å². The largest absolute Gasteiger partial charge is 0.358 e. The highest BCUT2D eigenvalue weighted by Crippen LogP contribution is 2.29. The van der Waals surface area contributed by atoms with Gasteiger partial charge in [-0.05, 0) is 51.1 Å². The highest BCUT2D eigenvalue weighted by molar-refractivity contribution is 6.10. The number of nitrogens with one attached hydrogen (secondary N) is 1. The fourth-order valence-corrected chi connectivity index (χ4v) is 4.26. The molecule has 7 heteroatoms. The van der Waals surface area contributed by atoms with Gasteiger partial charge in [0.15, 0.2) is 5.78 Å². The second-order valence-corrected chi connectivity index (χ2v) is 7.82. The lowest BCUT2D eigenvalue weighted by Crippen LogP contribution is -2.37. The van der Waals surface area contributed by atoms with Crippen LogP contribution in [0, 0.1) is 6.92 Å². The molecule has 0 amide bonds. The number of fused-ring (bicyclic) bond motifs is 1. The number of hydrogen-bond donors (Lipinski definition) is 1. The van der Waals surface area contributed by atoms with Crippen molar-refractivity contribution in [2.24, 2.45) is 0 Å². The molecule has 1 fully saturated rings. The zero-order valence-corrected chi connectivity index (χ0v) is 16.8. The summed E-state index contributed by atoms with van der Waals surface area (Å²) in [6.07, 6.45) is 3.50. The van der Waals surface area contributed by atoms with Crippen LogP contribution >= 0.6 is 0 Å². The number of hydrogen-bond acceptors (Lipinski definition) is 6. The lowest BCUT2D eigenvalue weighted by molar-refractivity contribution is 0.0906. The number of aromatic amines is 1. The van der Waals surface area contributed by atoms with Crippen molar-refractivity contribution in [1.82, 2.24) is 25.0 Å². The fourth-order valence-electron chi connectivity index (χ4n) is 4.26. The van der Waals surface area contributed by atoms with Gasteiger partial charge in [-0.1, -0.05) is 29.4 Å². The quantitative estimate of drug-likeness (QED) is 0.509. The van der Waals surface area contributed by atoms with Crippen molar-refractivity contribution in [1.29, 1.82) is 0 Å². The summed E-state index contributed by atoms with van der Waals surface area (Å²) in [5.74, 6) is 1.57. The molecule has 1 N–H and O–H groups in total. The zero-order valence-electron chi connectivity index (χ0n) is 16.8. The van der Waals surface area contributed by atoms with Gasteiger partial charge in [-0.25, -0.2) is 0 Å². The minimum Gasteiger partial charge on any atom is -0.358 e. The standard InChI is InChI=1S/C23H23N5O2/c1-15-21(17-6-2-3-7-18(17)25-15)20(29)14-28-12-9-16(10-13-28)23-26-22(27-30-23)19-8-4-5-11-24-19/h2-8,11,16,25H,9-10,12-14H2,1H3. The summed E-state index contributed by atoms with van der Waals surface area (Å²) in [6.45, 7) is 4.06. The molecule has 0 aliphatic carbocycles. The fraction of sp³-hybridized carbons (Fsp3) is 0.304. The molecule has 152 valence electrons. The van der Waals surface area contributed by atoms with Gasteiger partial charge in [0, 0.05) is 34.3 Å². The number of benzene rings is 1. The molecular weight excluding hydrogens is 378 g/mol. The van der Waals surface area contributed by atoms with E-state index in [1.54, 1.807) is 6.20 Å². The second kappa shape index (κ2) is 7.84. The number of piperidine rings is 1. The molecule has 5 rings (SSSR count). The smallest absolute Gasteiger partial charge is 0.230 e. The third-order valence-electron chi connectivity index (χ3n) is 5.81. The van der Waals surface area contributed by atoms with Crippen LogP contribution < -0.4 is 0 Å². The molecule has 4 aromatic rings. The van der Waals surface area contributed by atoms with Crippen molar-refractivity contribution in [3.8, 4) is 11.5 Å². The van der Waals surface area contributed by atoms with Crippen LogP contribution in [0.3, 0.4) is 0 Å². The van der Waals surface area contributed by atoms with Gasteiger partial charge >= 0.3 is 0 Å². The molecule has 0 atom stereocenters. The van der Waals surface area contributed by atoms with E-state index in [4.69, 9.17) is 4.52 Å². The minimum atomic E-state index is 0.165. The molecule has 0 saturated carbocycles. The molecule has 1 aliphatic heterocycles. The van der Waals surface area contributed by atoms with Crippen LogP contribution in [-0.2, 0) is 0 Å². The van der Waals surface area contributed by atoms with E-state index in [2.05, 4.69) is 25.0 Å². The Hall–Kier alpha value is -3.32. The van der Waals surface area contributed by atoms with Crippen molar-refractivity contribution in [3.63, 3.8) is 0 Å². The number of rotatable bonds is 5. The molecule has 1 saturated heterocycles. The number of aromatic nitrogens is 4. The van der Waals surface area contributed by atoms with Crippen LogP contribution in [0.2, 0.25) is 0 Å². The van der Waals surface area contributed by atoms with Crippen LogP contribution in [0.5, 0.6) is 0 Å². The summed E-state index contributed by atoms with van der Waals surface area (Å²) in [4.78, 5) is 27.4. The number of aryl methyl sites for hydroxylation is 1. The van der Waals surface area contributed by atoms with Crippen molar-refractivity contribution < 1.29 is 9.32 Å². The number of nitrogens with zero attached hydrogens (tertiary/aromatic N) is 4. The third kappa shape index (κ3) is 3.52. The number of likely N-dealkylation sites (tertiary alicyclic amines) is 1. The Labute approximate surface area is 174 Å². The number of para-hydroxylation sites is 1. The van der Waals surface area contributed by atoms with E-state index in [0.717, 1.165) is 48.1 Å². The predicted octanol–water partition coefficient (Wildman–Crippen LogP) is 3.98. The number of Topliss-reactive ketones (excluding diaryl/α,β-unsaturated/α-hetero) is 1. The third-order valence-corrected chi connectivity index (χ3v) is 5.81. The Morgan fingerprint density at radius 3 is 2.77 bits per heavy atom. The SMILES string of the molecule is Cc1[nH]c2ccccc2c1C(=O)CN1CCC(c2nc(-c3ccccn3)no2)CC1. The van der Waals surface area contributed by atoms with Crippen LogP contribution in [0.15, 0.2) is 53.2 Å². The maximum Gasteiger partial charge on any atom is 0.230 e. The minimum absolute atomic E-state index is 0.165. The Bertz CT molecular complexity index is 1170. The van der Waals surface area contributed by atoms with Crippen LogP contribution in [0.4, 0.5) is 0 Å². The monoisotopic (exact) mass is 401 g/mol. The van der Waals surface area contributed by atoms with E-state index < -0.39 is 0 Å². The van der Waals surface area contributed by atoms with E-state index in [-0.39, 0.29) is 11.7 Å². The van der Waals surface area contributed by atoms with E-state index in [1.165, 1.54) is 0 Å². The summed E-state index contributed by atoms with van der Waals surface area (Å²) in [5, 5.41) is 5.08. The van der Waals surface area contributed by atoms with Crippen LogP contribution in [0.1, 0.15) is 40.7 Å². The molecule has 30 heavy (non-hydrogen) atoms. The first kappa shape index (κ1) is 18.7. The van der Waals surface area contributed by atoms with E-state index in [9.17, 15) is 4.79 Å². The first-order valence-electron chi connectivity index (χ1n) is 10.3. The highest BCUT2D eigenvalue weighted by atomic mass is 16.5. The molecular formula is C23H23N5O2. The van der Waals surface area contributed by atoms with Gasteiger partial charge in [0.25, 0.3) is 0 Å². The van der Waals surface area contributed by atoms with Crippen LogP contribution in [-0.4, -0.2) is 50.4 Å². The Morgan fingerprint density at radius 2 is 1.97 bits per heavy atom. The summed E-state index contributed by atoms with van der Waals surface area (Å²) in [6, 6.07) is 13.6. The lowest BCUT2D eigenvalue weighted by Gasteiger charge is -2.29. The van der Waals surface area contributed by atoms with Crippen molar-refractivity contribution in [2.45, 2.75) is 25.7 Å². The van der Waals surface area contributed by atoms with E-state index >= 15 is 0 Å². The lowest BCUT2D eigenvalue weighted by atomic mass is 9.96. The molecule has 7 nitrogen and oxygen atoms in total. The van der Waals surface area contributed by atoms with Gasteiger partial charge in [0.2, 0.25) is 11.7 Å². The first-order valence-corrected chi connectivity index (χ1v) is 10.3. The highest BCUT2D eigenvalue weighted by Gasteiger charge is 2.27. The average molecular weight is 401 g/mol. The molecule has 3 aromatic heterocycles. The molecule has 0 unspecified atom stereocenters. The average Bonchev–Trinajstić information content (AvgIpc) is 3.39. The molecule has 4 heterocycles. The maximum atomic E-state index is 13.0. The number of ketones is 1.